The molecule has 0 aliphatic carbocycles. The average Bonchev–Trinajstić information content (AvgIpc) is 2.62. The molecule has 0 saturated heterocycles. The minimum absolute atomic E-state index is 0.186. The van der Waals surface area contributed by atoms with Crippen molar-refractivity contribution in [1.29, 1.82) is 0 Å². The molecule has 8 nitrogen and oxygen atoms in total. The van der Waals surface area contributed by atoms with Crippen molar-refractivity contribution in [3.05, 3.63) is 23.8 Å². The summed E-state index contributed by atoms with van der Waals surface area (Å²) in [6, 6.07) is 3.91. The number of hydrogen-bond donors (Lipinski definition) is 2. The van der Waals surface area contributed by atoms with Crippen LogP contribution >= 0.6 is 0 Å². The molecule has 0 aliphatic heterocycles. The predicted octanol–water partition coefficient (Wildman–Crippen LogP) is 0.747. The third kappa shape index (κ3) is 5.98. The van der Waals surface area contributed by atoms with Crippen molar-refractivity contribution in [2.75, 3.05) is 27.9 Å². The molecular weight excluding hydrogens is 328 g/mol. The fraction of sp³-hybridized carbons (Fsp3) is 0.471. The Bertz CT molecular complexity index is 607. The van der Waals surface area contributed by atoms with Crippen LogP contribution in [0.25, 0.3) is 0 Å². The molecule has 0 bridgehead atoms. The zero-order valence-electron chi connectivity index (χ0n) is 15.0. The molecular formula is C17H24N2O6. The molecule has 0 radical (unpaired) electrons. The van der Waals surface area contributed by atoms with Gasteiger partial charge in [-0.1, -0.05) is 13.8 Å². The minimum Gasteiger partial charge on any atom is -0.497 e. The smallest absolute Gasteiger partial charge is 0.325 e. The topological polar surface area (TPSA) is 103 Å². The van der Waals surface area contributed by atoms with Crippen LogP contribution in [0.1, 0.15) is 24.2 Å². The van der Waals surface area contributed by atoms with Gasteiger partial charge in [0, 0.05) is 11.6 Å². The van der Waals surface area contributed by atoms with Crippen LogP contribution in [0.2, 0.25) is 0 Å². The van der Waals surface area contributed by atoms with Gasteiger partial charge in [0.1, 0.15) is 24.1 Å². The number of methoxy groups -OCH3 is 3. The molecule has 1 atom stereocenters. The zero-order chi connectivity index (χ0) is 19.0. The first-order valence-corrected chi connectivity index (χ1v) is 7.70. The van der Waals surface area contributed by atoms with Crippen LogP contribution in [0.15, 0.2) is 18.2 Å². The summed E-state index contributed by atoms with van der Waals surface area (Å²) in [7, 11) is 4.19. The van der Waals surface area contributed by atoms with Gasteiger partial charge in [-0.15, -0.1) is 0 Å². The van der Waals surface area contributed by atoms with E-state index in [2.05, 4.69) is 15.4 Å². The Hall–Kier alpha value is -2.77. The van der Waals surface area contributed by atoms with Crippen molar-refractivity contribution in [2.24, 2.45) is 5.92 Å². The number of rotatable bonds is 8. The average molecular weight is 352 g/mol. The van der Waals surface area contributed by atoms with Gasteiger partial charge in [0.25, 0.3) is 5.91 Å². The van der Waals surface area contributed by atoms with Crippen LogP contribution in [-0.4, -0.2) is 51.7 Å². The second-order valence-corrected chi connectivity index (χ2v) is 5.59. The van der Waals surface area contributed by atoms with Gasteiger partial charge in [-0.05, 0) is 18.1 Å². The Kier molecular flexibility index (Phi) is 7.71. The lowest BCUT2D eigenvalue weighted by atomic mass is 10.0. The summed E-state index contributed by atoms with van der Waals surface area (Å²) < 4.78 is 14.7. The van der Waals surface area contributed by atoms with Crippen molar-refractivity contribution in [3.63, 3.8) is 0 Å². The quantitative estimate of drug-likeness (QED) is 0.669. The summed E-state index contributed by atoms with van der Waals surface area (Å²) in [5, 5.41) is 5.10. The van der Waals surface area contributed by atoms with E-state index in [-0.39, 0.29) is 12.5 Å². The first kappa shape index (κ1) is 20.3. The van der Waals surface area contributed by atoms with Gasteiger partial charge in [0.15, 0.2) is 0 Å². The third-order valence-electron chi connectivity index (χ3n) is 3.48. The second-order valence-electron chi connectivity index (χ2n) is 5.59. The molecule has 2 amide bonds. The molecule has 0 saturated carbocycles. The fourth-order valence-corrected chi connectivity index (χ4v) is 2.04. The van der Waals surface area contributed by atoms with Crippen molar-refractivity contribution < 1.29 is 28.6 Å². The summed E-state index contributed by atoms with van der Waals surface area (Å²) in [6.45, 7) is 3.31. The van der Waals surface area contributed by atoms with Gasteiger partial charge in [0.2, 0.25) is 5.91 Å². The van der Waals surface area contributed by atoms with Crippen molar-refractivity contribution in [1.82, 2.24) is 10.6 Å². The van der Waals surface area contributed by atoms with E-state index in [0.29, 0.717) is 17.1 Å². The molecule has 0 unspecified atom stereocenters. The molecule has 0 fully saturated rings. The first-order valence-electron chi connectivity index (χ1n) is 7.70. The Morgan fingerprint density at radius 3 is 2.00 bits per heavy atom. The van der Waals surface area contributed by atoms with Crippen LogP contribution < -0.4 is 20.1 Å². The predicted molar refractivity (Wildman–Crippen MR) is 90.7 cm³/mol. The van der Waals surface area contributed by atoms with Crippen LogP contribution in [0.4, 0.5) is 0 Å². The van der Waals surface area contributed by atoms with Crippen LogP contribution in [0.5, 0.6) is 11.5 Å². The molecule has 8 heteroatoms. The standard InChI is InChI=1S/C17H24N2O6/c1-10(2)15(17(22)18-9-14(20)25-5)19-16(21)11-6-12(23-3)8-13(7-11)24-4/h6-8,10,15H,9H2,1-5H3,(H,18,22)(H,19,21)/t15-/m0/s1. The lowest BCUT2D eigenvalue weighted by Crippen LogP contribution is -2.50. The van der Waals surface area contributed by atoms with E-state index in [9.17, 15) is 14.4 Å². The summed E-state index contributed by atoms with van der Waals surface area (Å²) in [5.74, 6) is -0.761. The van der Waals surface area contributed by atoms with E-state index >= 15 is 0 Å². The number of ether oxygens (including phenoxy) is 3. The second kappa shape index (κ2) is 9.51. The molecule has 1 aromatic carbocycles. The van der Waals surface area contributed by atoms with Crippen molar-refractivity contribution >= 4 is 17.8 Å². The van der Waals surface area contributed by atoms with E-state index in [1.54, 1.807) is 32.0 Å². The van der Waals surface area contributed by atoms with Gasteiger partial charge in [-0.2, -0.15) is 0 Å². The molecule has 0 aromatic heterocycles. The van der Waals surface area contributed by atoms with Gasteiger partial charge < -0.3 is 24.8 Å². The summed E-state index contributed by atoms with van der Waals surface area (Å²) >= 11 is 0. The minimum atomic E-state index is -0.811. The highest BCUT2D eigenvalue weighted by atomic mass is 16.5. The Balaban J connectivity index is 2.89. The molecule has 1 aromatic rings. The first-order chi connectivity index (χ1) is 11.8. The van der Waals surface area contributed by atoms with Crippen molar-refractivity contribution in [2.45, 2.75) is 19.9 Å². The number of carbonyl (C=O) groups excluding carboxylic acids is 3. The number of nitrogens with one attached hydrogen (secondary N) is 2. The van der Waals surface area contributed by atoms with E-state index in [4.69, 9.17) is 9.47 Å². The molecule has 25 heavy (non-hydrogen) atoms. The number of benzene rings is 1. The molecule has 0 aliphatic rings. The van der Waals surface area contributed by atoms with E-state index in [1.165, 1.54) is 21.3 Å². The summed E-state index contributed by atoms with van der Waals surface area (Å²) in [5.41, 5.74) is 0.294. The van der Waals surface area contributed by atoms with E-state index in [0.717, 1.165) is 0 Å². The summed E-state index contributed by atoms with van der Waals surface area (Å²) in [4.78, 5) is 35.9. The van der Waals surface area contributed by atoms with Crippen LogP contribution in [-0.2, 0) is 14.3 Å². The zero-order valence-corrected chi connectivity index (χ0v) is 15.0. The maximum Gasteiger partial charge on any atom is 0.325 e. The highest BCUT2D eigenvalue weighted by Crippen LogP contribution is 2.22. The number of esters is 1. The normalized spacial score (nSPS) is 11.4. The molecule has 0 heterocycles. The molecule has 0 spiro atoms. The largest absolute Gasteiger partial charge is 0.497 e. The third-order valence-corrected chi connectivity index (χ3v) is 3.48. The highest BCUT2D eigenvalue weighted by Gasteiger charge is 2.25. The van der Waals surface area contributed by atoms with Gasteiger partial charge in [-0.3, -0.25) is 14.4 Å². The SMILES string of the molecule is COC(=O)CNC(=O)[C@@H](NC(=O)c1cc(OC)cc(OC)c1)C(C)C. The van der Waals surface area contributed by atoms with Gasteiger partial charge >= 0.3 is 5.97 Å². The molecule has 138 valence electrons. The van der Waals surface area contributed by atoms with Crippen LogP contribution in [0.3, 0.4) is 0 Å². The Morgan fingerprint density at radius 2 is 1.56 bits per heavy atom. The van der Waals surface area contributed by atoms with Gasteiger partial charge in [-0.25, -0.2) is 0 Å². The summed E-state index contributed by atoms with van der Waals surface area (Å²) in [6.07, 6.45) is 0. The van der Waals surface area contributed by atoms with Crippen LogP contribution in [0, 0.1) is 5.92 Å². The lowest BCUT2D eigenvalue weighted by molar-refractivity contribution is -0.141. The number of carbonyl (C=O) groups is 3. The fourth-order valence-electron chi connectivity index (χ4n) is 2.04. The number of amides is 2. The maximum absolute atomic E-state index is 12.5. The highest BCUT2D eigenvalue weighted by molar-refractivity contribution is 5.98. The van der Waals surface area contributed by atoms with Gasteiger partial charge in [0.05, 0.1) is 21.3 Å². The van der Waals surface area contributed by atoms with E-state index in [1.807, 2.05) is 0 Å². The molecule has 2 N–H and O–H groups in total. The van der Waals surface area contributed by atoms with E-state index < -0.39 is 23.8 Å². The molecule has 1 rings (SSSR count). The Morgan fingerprint density at radius 1 is 1.00 bits per heavy atom. The van der Waals surface area contributed by atoms with Crippen molar-refractivity contribution in [3.8, 4) is 11.5 Å². The maximum atomic E-state index is 12.5. The number of hydrogen-bond acceptors (Lipinski definition) is 6. The lowest BCUT2D eigenvalue weighted by Gasteiger charge is -2.21. The Labute approximate surface area is 146 Å². The monoisotopic (exact) mass is 352 g/mol.